The fraction of sp³-hybridized carbons (Fsp3) is 0.179. The van der Waals surface area contributed by atoms with Crippen molar-refractivity contribution in [3.05, 3.63) is 119 Å². The summed E-state index contributed by atoms with van der Waals surface area (Å²) >= 11 is 0. The Morgan fingerprint density at radius 2 is 1.54 bits per heavy atom. The number of rotatable bonds is 9. The van der Waals surface area contributed by atoms with Crippen LogP contribution in [0.5, 0.6) is 11.5 Å². The fourth-order valence-corrected chi connectivity index (χ4v) is 3.98. The van der Waals surface area contributed by atoms with Crippen LogP contribution in [-0.4, -0.2) is 17.6 Å². The maximum atomic E-state index is 13.1. The summed E-state index contributed by atoms with van der Waals surface area (Å²) in [6.07, 6.45) is 0. The van der Waals surface area contributed by atoms with Crippen LogP contribution in [0.4, 0.5) is 4.39 Å². The number of fused-ring (bicyclic) bond motifs is 1. The van der Waals surface area contributed by atoms with Gasteiger partial charge in [0.15, 0.2) is 17.3 Å². The summed E-state index contributed by atoms with van der Waals surface area (Å²) in [6.45, 7) is 2.43. The Kier molecular flexibility index (Phi) is 6.77. The molecule has 0 unspecified atom stereocenters. The third-order valence-corrected chi connectivity index (χ3v) is 5.72. The first-order valence-electron chi connectivity index (χ1n) is 11.4. The van der Waals surface area contributed by atoms with E-state index in [2.05, 4.69) is 22.3 Å². The third kappa shape index (κ3) is 5.88. The van der Waals surface area contributed by atoms with Crippen molar-refractivity contribution in [2.75, 3.05) is 6.79 Å². The van der Waals surface area contributed by atoms with Gasteiger partial charge in [0.2, 0.25) is 6.79 Å². The van der Waals surface area contributed by atoms with E-state index in [4.69, 9.17) is 13.9 Å². The number of amides is 1. The first-order valence-corrected chi connectivity index (χ1v) is 11.4. The van der Waals surface area contributed by atoms with Gasteiger partial charge in [0.05, 0.1) is 6.54 Å². The number of ether oxygens (including phenoxy) is 2. The molecule has 0 bridgehead atoms. The normalized spacial score (nSPS) is 12.2. The summed E-state index contributed by atoms with van der Waals surface area (Å²) in [5.41, 5.74) is 3.08. The summed E-state index contributed by atoms with van der Waals surface area (Å²) in [4.78, 5) is 14.8. The largest absolute Gasteiger partial charge is 0.455 e. The van der Waals surface area contributed by atoms with E-state index < -0.39 is 0 Å². The van der Waals surface area contributed by atoms with Gasteiger partial charge in [-0.15, -0.1) is 0 Å². The third-order valence-electron chi connectivity index (χ3n) is 5.72. The second-order valence-electron chi connectivity index (χ2n) is 8.39. The molecule has 0 atom stereocenters. The molecule has 1 N–H and O–H groups in total. The summed E-state index contributed by atoms with van der Waals surface area (Å²) in [5, 5.41) is 2.81. The molecule has 1 aliphatic heterocycles. The first kappa shape index (κ1) is 22.7. The van der Waals surface area contributed by atoms with Crippen molar-refractivity contribution >= 4 is 5.91 Å². The van der Waals surface area contributed by atoms with Crippen LogP contribution in [0.1, 0.15) is 33.0 Å². The number of nitrogens with one attached hydrogen (secondary N) is 1. The van der Waals surface area contributed by atoms with E-state index >= 15 is 0 Å². The number of carbonyl (C=O) groups excluding carboxylic acids is 1. The van der Waals surface area contributed by atoms with Crippen molar-refractivity contribution in [2.45, 2.75) is 26.2 Å². The minimum absolute atomic E-state index is 0.241. The van der Waals surface area contributed by atoms with Crippen molar-refractivity contribution in [2.24, 2.45) is 0 Å². The number of benzene rings is 3. The molecule has 1 aromatic heterocycles. The van der Waals surface area contributed by atoms with E-state index in [1.165, 1.54) is 17.7 Å². The summed E-state index contributed by atoms with van der Waals surface area (Å²) < 4.78 is 29.9. The van der Waals surface area contributed by atoms with Gasteiger partial charge in [-0.05, 0) is 53.1 Å². The minimum Gasteiger partial charge on any atom is -0.455 e. The van der Waals surface area contributed by atoms with Crippen LogP contribution in [0.25, 0.3) is 0 Å². The zero-order valence-electron chi connectivity index (χ0n) is 19.1. The molecule has 0 radical (unpaired) electrons. The van der Waals surface area contributed by atoms with Gasteiger partial charge in [0, 0.05) is 19.6 Å². The number of nitrogens with zero attached hydrogens (tertiary/aromatic N) is 1. The number of carbonyl (C=O) groups is 1. The molecule has 1 aliphatic rings. The summed E-state index contributed by atoms with van der Waals surface area (Å²) in [7, 11) is 0. The smallest absolute Gasteiger partial charge is 0.287 e. The molecule has 0 saturated heterocycles. The Labute approximate surface area is 202 Å². The average molecular weight is 473 g/mol. The predicted molar refractivity (Wildman–Crippen MR) is 128 cm³/mol. The van der Waals surface area contributed by atoms with E-state index in [9.17, 15) is 9.18 Å². The van der Waals surface area contributed by atoms with Crippen LogP contribution in [0.3, 0.4) is 0 Å². The minimum atomic E-state index is -0.314. The number of hydrogen-bond donors (Lipinski definition) is 1. The highest BCUT2D eigenvalue weighted by atomic mass is 19.1. The predicted octanol–water partition coefficient (Wildman–Crippen LogP) is 5.28. The zero-order valence-corrected chi connectivity index (χ0v) is 19.1. The molecule has 1 amide bonds. The quantitative estimate of drug-likeness (QED) is 0.359. The van der Waals surface area contributed by atoms with E-state index in [-0.39, 0.29) is 24.3 Å². The van der Waals surface area contributed by atoms with Gasteiger partial charge in [-0.2, -0.15) is 0 Å². The Bertz CT molecular complexity index is 1290. The topological polar surface area (TPSA) is 63.9 Å². The van der Waals surface area contributed by atoms with Gasteiger partial charge in [-0.3, -0.25) is 9.69 Å². The van der Waals surface area contributed by atoms with Gasteiger partial charge in [0.1, 0.15) is 11.6 Å². The lowest BCUT2D eigenvalue weighted by atomic mass is 10.1. The lowest BCUT2D eigenvalue weighted by Gasteiger charge is -2.21. The van der Waals surface area contributed by atoms with Crippen molar-refractivity contribution in [1.82, 2.24) is 10.2 Å². The van der Waals surface area contributed by atoms with Crippen LogP contribution >= 0.6 is 0 Å². The van der Waals surface area contributed by atoms with Crippen molar-refractivity contribution in [1.29, 1.82) is 0 Å². The fourth-order valence-electron chi connectivity index (χ4n) is 3.98. The molecule has 3 aromatic carbocycles. The van der Waals surface area contributed by atoms with Gasteiger partial charge in [-0.1, -0.05) is 48.5 Å². The Balaban J connectivity index is 1.26. The Morgan fingerprint density at radius 1 is 0.800 bits per heavy atom. The van der Waals surface area contributed by atoms with Gasteiger partial charge < -0.3 is 19.2 Å². The maximum absolute atomic E-state index is 13.1. The molecular weight excluding hydrogens is 447 g/mol. The summed E-state index contributed by atoms with van der Waals surface area (Å²) in [6, 6.07) is 25.7. The lowest BCUT2D eigenvalue weighted by molar-refractivity contribution is 0.0918. The van der Waals surface area contributed by atoms with Crippen molar-refractivity contribution in [3.63, 3.8) is 0 Å². The molecule has 7 heteroatoms. The second kappa shape index (κ2) is 10.4. The Morgan fingerprint density at radius 3 is 2.37 bits per heavy atom. The van der Waals surface area contributed by atoms with Gasteiger partial charge >= 0.3 is 0 Å². The van der Waals surface area contributed by atoms with Gasteiger partial charge in [-0.25, -0.2) is 4.39 Å². The second-order valence-corrected chi connectivity index (χ2v) is 8.39. The SMILES string of the molecule is O=C(NCc1ccc(F)cc1)c1ccc(CN(Cc2ccccc2)Cc2ccc3c(c2)OCO3)o1. The highest BCUT2D eigenvalue weighted by molar-refractivity contribution is 5.91. The molecule has 6 nitrogen and oxygen atoms in total. The van der Waals surface area contributed by atoms with Crippen LogP contribution < -0.4 is 14.8 Å². The zero-order chi connectivity index (χ0) is 24.0. The van der Waals surface area contributed by atoms with Crippen molar-refractivity contribution < 1.29 is 23.1 Å². The average Bonchev–Trinajstić information content (AvgIpc) is 3.53. The molecule has 0 saturated carbocycles. The van der Waals surface area contributed by atoms with Crippen LogP contribution in [0, 0.1) is 5.82 Å². The van der Waals surface area contributed by atoms with Crippen LogP contribution in [0.2, 0.25) is 0 Å². The Hall–Kier alpha value is -4.10. The molecule has 0 aliphatic carbocycles. The van der Waals surface area contributed by atoms with E-state index in [1.807, 2.05) is 42.5 Å². The molecule has 5 rings (SSSR count). The van der Waals surface area contributed by atoms with E-state index in [0.29, 0.717) is 31.9 Å². The van der Waals surface area contributed by atoms with Gasteiger partial charge in [0.25, 0.3) is 5.91 Å². The molecule has 178 valence electrons. The van der Waals surface area contributed by atoms with Crippen LogP contribution in [0.15, 0.2) is 89.3 Å². The number of halogens is 1. The highest BCUT2D eigenvalue weighted by Crippen LogP contribution is 2.33. The molecule has 4 aromatic rings. The molecule has 2 heterocycles. The first-order chi connectivity index (χ1) is 17.1. The number of furan rings is 1. The maximum Gasteiger partial charge on any atom is 0.287 e. The van der Waals surface area contributed by atoms with E-state index in [0.717, 1.165) is 22.6 Å². The molecule has 0 spiro atoms. The standard InChI is InChI=1S/C28H25FN2O4/c29-23-9-6-20(7-10-23)15-30-28(32)26-13-11-24(35-26)18-31(16-21-4-2-1-3-5-21)17-22-8-12-25-27(14-22)34-19-33-25/h1-14H,15-19H2,(H,30,32). The lowest BCUT2D eigenvalue weighted by Crippen LogP contribution is -2.23. The molecule has 0 fully saturated rings. The number of hydrogen-bond acceptors (Lipinski definition) is 5. The monoisotopic (exact) mass is 472 g/mol. The molecule has 35 heavy (non-hydrogen) atoms. The molecular formula is C28H25FN2O4. The van der Waals surface area contributed by atoms with Crippen molar-refractivity contribution in [3.8, 4) is 11.5 Å². The summed E-state index contributed by atoms with van der Waals surface area (Å²) in [5.74, 6) is 1.81. The van der Waals surface area contributed by atoms with Crippen LogP contribution in [-0.2, 0) is 26.2 Å². The van der Waals surface area contributed by atoms with E-state index in [1.54, 1.807) is 18.2 Å². The highest BCUT2D eigenvalue weighted by Gasteiger charge is 2.17.